The number of esters is 1. The Morgan fingerprint density at radius 1 is 1.77 bits per heavy atom. The van der Waals surface area contributed by atoms with E-state index >= 15 is 0 Å². The van der Waals surface area contributed by atoms with E-state index in [9.17, 15) is 9.90 Å². The number of hydrogen-bond acceptors (Lipinski definition) is 4. The molecule has 4 nitrogen and oxygen atoms in total. The number of halogens is 1. The standard InChI is InChI=1S/C8H9BrO4/c1-12-8(11)7-3-2-6(13-7)5(10)4-9/h2-3,5,10H,4H2,1H3. The Kier molecular flexibility index (Phi) is 3.50. The van der Waals surface area contributed by atoms with E-state index in [1.165, 1.54) is 19.2 Å². The summed E-state index contributed by atoms with van der Waals surface area (Å²) in [5.74, 6) is -0.109. The molecule has 1 N–H and O–H groups in total. The van der Waals surface area contributed by atoms with Crippen molar-refractivity contribution < 1.29 is 19.1 Å². The van der Waals surface area contributed by atoms with Crippen LogP contribution in [0.2, 0.25) is 0 Å². The predicted molar refractivity (Wildman–Crippen MR) is 48.8 cm³/mol. The van der Waals surface area contributed by atoms with E-state index in [0.717, 1.165) is 0 Å². The molecule has 1 heterocycles. The van der Waals surface area contributed by atoms with Crippen LogP contribution < -0.4 is 0 Å². The van der Waals surface area contributed by atoms with Crippen LogP contribution in [0.4, 0.5) is 0 Å². The number of alkyl halides is 1. The monoisotopic (exact) mass is 248 g/mol. The van der Waals surface area contributed by atoms with Gasteiger partial charge in [0, 0.05) is 5.33 Å². The van der Waals surface area contributed by atoms with Gasteiger partial charge in [-0.05, 0) is 12.1 Å². The van der Waals surface area contributed by atoms with E-state index in [1.807, 2.05) is 0 Å². The number of hydrogen-bond donors (Lipinski definition) is 1. The van der Waals surface area contributed by atoms with Crippen LogP contribution in [0.25, 0.3) is 0 Å². The molecule has 0 saturated heterocycles. The van der Waals surface area contributed by atoms with Gasteiger partial charge in [0.2, 0.25) is 5.76 Å². The van der Waals surface area contributed by atoms with Crippen LogP contribution in [0.5, 0.6) is 0 Å². The van der Waals surface area contributed by atoms with Gasteiger partial charge >= 0.3 is 5.97 Å². The number of aliphatic hydroxyl groups excluding tert-OH is 1. The third kappa shape index (κ3) is 2.32. The summed E-state index contributed by atoms with van der Waals surface area (Å²) in [5, 5.41) is 9.67. The fraction of sp³-hybridized carbons (Fsp3) is 0.375. The average molecular weight is 249 g/mol. The van der Waals surface area contributed by atoms with Gasteiger partial charge in [0.15, 0.2) is 0 Å². The van der Waals surface area contributed by atoms with E-state index in [1.54, 1.807) is 0 Å². The Morgan fingerprint density at radius 2 is 2.46 bits per heavy atom. The van der Waals surface area contributed by atoms with Crippen LogP contribution in [0, 0.1) is 0 Å². The maximum absolute atomic E-state index is 10.9. The molecule has 0 aliphatic heterocycles. The molecule has 0 fully saturated rings. The molecule has 0 amide bonds. The van der Waals surface area contributed by atoms with Crippen LogP contribution in [0.3, 0.4) is 0 Å². The SMILES string of the molecule is COC(=O)c1ccc(C(O)CBr)o1. The topological polar surface area (TPSA) is 59.7 Å². The number of methoxy groups -OCH3 is 1. The highest BCUT2D eigenvalue weighted by Crippen LogP contribution is 2.18. The molecule has 5 heteroatoms. The second-order valence-electron chi connectivity index (χ2n) is 2.36. The lowest BCUT2D eigenvalue weighted by molar-refractivity contribution is 0.0557. The van der Waals surface area contributed by atoms with Crippen molar-refractivity contribution in [1.82, 2.24) is 0 Å². The smallest absolute Gasteiger partial charge is 0.373 e. The quantitative estimate of drug-likeness (QED) is 0.651. The van der Waals surface area contributed by atoms with E-state index in [0.29, 0.717) is 11.1 Å². The highest BCUT2D eigenvalue weighted by atomic mass is 79.9. The van der Waals surface area contributed by atoms with E-state index in [-0.39, 0.29) is 5.76 Å². The van der Waals surface area contributed by atoms with Crippen molar-refractivity contribution in [2.75, 3.05) is 12.4 Å². The van der Waals surface area contributed by atoms with Gasteiger partial charge in [-0.2, -0.15) is 0 Å². The van der Waals surface area contributed by atoms with Crippen LogP contribution in [0.1, 0.15) is 22.4 Å². The van der Waals surface area contributed by atoms with Gasteiger partial charge < -0.3 is 14.3 Å². The second-order valence-corrected chi connectivity index (χ2v) is 3.01. The summed E-state index contributed by atoms with van der Waals surface area (Å²) in [7, 11) is 1.27. The first kappa shape index (κ1) is 10.3. The van der Waals surface area contributed by atoms with E-state index < -0.39 is 12.1 Å². The number of aliphatic hydroxyl groups is 1. The van der Waals surface area contributed by atoms with Gasteiger partial charge in [0.05, 0.1) is 7.11 Å². The van der Waals surface area contributed by atoms with Crippen molar-refractivity contribution in [2.45, 2.75) is 6.10 Å². The third-order valence-corrected chi connectivity index (χ3v) is 2.10. The molecular weight excluding hydrogens is 240 g/mol. The molecule has 0 bridgehead atoms. The van der Waals surface area contributed by atoms with Crippen molar-refractivity contribution in [3.05, 3.63) is 23.7 Å². The molecule has 0 saturated carbocycles. The zero-order chi connectivity index (χ0) is 9.84. The summed E-state index contributed by atoms with van der Waals surface area (Å²) in [5.41, 5.74) is 0. The first-order valence-corrected chi connectivity index (χ1v) is 4.73. The number of carbonyl (C=O) groups is 1. The van der Waals surface area contributed by atoms with Crippen molar-refractivity contribution in [1.29, 1.82) is 0 Å². The lowest BCUT2D eigenvalue weighted by Gasteiger charge is -2.00. The Hall–Kier alpha value is -0.810. The summed E-state index contributed by atoms with van der Waals surface area (Å²) in [4.78, 5) is 10.9. The molecule has 72 valence electrons. The molecule has 0 radical (unpaired) electrons. The first-order valence-electron chi connectivity index (χ1n) is 3.61. The summed E-state index contributed by atoms with van der Waals surface area (Å²) in [6.07, 6.45) is -0.738. The molecule has 1 atom stereocenters. The molecule has 0 aromatic carbocycles. The Morgan fingerprint density at radius 3 is 3.00 bits per heavy atom. The van der Waals surface area contributed by atoms with Crippen molar-refractivity contribution >= 4 is 21.9 Å². The molecule has 1 rings (SSSR count). The van der Waals surface area contributed by atoms with E-state index in [2.05, 4.69) is 20.7 Å². The lowest BCUT2D eigenvalue weighted by Crippen LogP contribution is -1.99. The van der Waals surface area contributed by atoms with Gasteiger partial charge in [0.1, 0.15) is 11.9 Å². The van der Waals surface area contributed by atoms with Crippen LogP contribution in [-0.2, 0) is 4.74 Å². The van der Waals surface area contributed by atoms with Crippen LogP contribution in [-0.4, -0.2) is 23.5 Å². The fourth-order valence-corrected chi connectivity index (χ4v) is 1.14. The van der Waals surface area contributed by atoms with Gasteiger partial charge in [-0.15, -0.1) is 0 Å². The maximum atomic E-state index is 10.9. The molecule has 0 spiro atoms. The molecular formula is C8H9BrO4. The van der Waals surface area contributed by atoms with Gasteiger partial charge in [0.25, 0.3) is 0 Å². The maximum Gasteiger partial charge on any atom is 0.373 e. The fourth-order valence-electron chi connectivity index (χ4n) is 0.818. The number of furan rings is 1. The van der Waals surface area contributed by atoms with Crippen molar-refractivity contribution in [3.63, 3.8) is 0 Å². The summed E-state index contributed by atoms with van der Waals surface area (Å²) in [6.45, 7) is 0. The molecule has 1 aromatic rings. The summed E-state index contributed by atoms with van der Waals surface area (Å²) < 4.78 is 9.47. The number of rotatable bonds is 3. The highest BCUT2D eigenvalue weighted by molar-refractivity contribution is 9.09. The Balaban J connectivity index is 2.80. The first-order chi connectivity index (χ1) is 6.19. The molecule has 0 aliphatic rings. The average Bonchev–Trinajstić information content (AvgIpc) is 2.64. The van der Waals surface area contributed by atoms with Gasteiger partial charge in [-0.25, -0.2) is 4.79 Å². The minimum absolute atomic E-state index is 0.0949. The second kappa shape index (κ2) is 4.43. The Bertz CT molecular complexity index is 294. The summed E-state index contributed by atoms with van der Waals surface area (Å²) >= 11 is 3.09. The lowest BCUT2D eigenvalue weighted by atomic mass is 10.3. The zero-order valence-electron chi connectivity index (χ0n) is 6.99. The number of ether oxygens (including phenoxy) is 1. The van der Waals surface area contributed by atoms with Crippen LogP contribution >= 0.6 is 15.9 Å². The normalized spacial score (nSPS) is 12.5. The van der Waals surface area contributed by atoms with Crippen LogP contribution in [0.15, 0.2) is 16.5 Å². The number of carbonyl (C=O) groups excluding carboxylic acids is 1. The predicted octanol–water partition coefficient (Wildman–Crippen LogP) is 1.49. The molecule has 1 aromatic heterocycles. The van der Waals surface area contributed by atoms with Gasteiger partial charge in [-0.3, -0.25) is 0 Å². The molecule has 13 heavy (non-hydrogen) atoms. The zero-order valence-corrected chi connectivity index (χ0v) is 8.58. The Labute approximate surface area is 83.6 Å². The van der Waals surface area contributed by atoms with Gasteiger partial charge in [-0.1, -0.05) is 15.9 Å². The van der Waals surface area contributed by atoms with Crippen molar-refractivity contribution in [2.24, 2.45) is 0 Å². The molecule has 0 aliphatic carbocycles. The summed E-state index contributed by atoms with van der Waals surface area (Å²) in [6, 6.07) is 3.01. The minimum Gasteiger partial charge on any atom is -0.463 e. The van der Waals surface area contributed by atoms with Crippen molar-refractivity contribution in [3.8, 4) is 0 Å². The largest absolute Gasteiger partial charge is 0.463 e. The third-order valence-electron chi connectivity index (χ3n) is 1.49. The van der Waals surface area contributed by atoms with E-state index in [4.69, 9.17) is 4.42 Å². The minimum atomic E-state index is -0.738. The molecule has 1 unspecified atom stereocenters. The highest BCUT2D eigenvalue weighted by Gasteiger charge is 2.15.